The number of rotatable bonds is 4. The highest BCUT2D eigenvalue weighted by atomic mass is 35.5. The first-order valence-corrected chi connectivity index (χ1v) is 8.85. The fourth-order valence-electron chi connectivity index (χ4n) is 3.03. The van der Waals surface area contributed by atoms with Crippen molar-refractivity contribution in [3.63, 3.8) is 0 Å². The van der Waals surface area contributed by atoms with Gasteiger partial charge in [0.1, 0.15) is 5.82 Å². The van der Waals surface area contributed by atoms with Crippen molar-refractivity contribution in [1.29, 1.82) is 0 Å². The van der Waals surface area contributed by atoms with Crippen LogP contribution in [0, 0.1) is 5.82 Å². The number of benzene rings is 1. The molecule has 0 saturated carbocycles. The number of pyridine rings is 2. The molecule has 28 heavy (non-hydrogen) atoms. The van der Waals surface area contributed by atoms with Gasteiger partial charge in [0, 0.05) is 23.0 Å². The second-order valence-electron chi connectivity index (χ2n) is 6.15. The second-order valence-corrected chi connectivity index (χ2v) is 6.56. The summed E-state index contributed by atoms with van der Waals surface area (Å²) in [7, 11) is 0. The van der Waals surface area contributed by atoms with Crippen LogP contribution < -0.4 is 11.2 Å². The molecule has 0 unspecified atom stereocenters. The van der Waals surface area contributed by atoms with Gasteiger partial charge in [-0.3, -0.25) is 18.9 Å². The summed E-state index contributed by atoms with van der Waals surface area (Å²) in [6, 6.07) is 12.8. The molecule has 0 amide bonds. The van der Waals surface area contributed by atoms with E-state index in [0.29, 0.717) is 11.2 Å². The molecule has 0 atom stereocenters. The summed E-state index contributed by atoms with van der Waals surface area (Å²) in [6.45, 7) is -0.148. The normalized spacial score (nSPS) is 11.1. The van der Waals surface area contributed by atoms with Crippen LogP contribution >= 0.6 is 11.6 Å². The summed E-state index contributed by atoms with van der Waals surface area (Å²) in [6.07, 6.45) is 3.05. The van der Waals surface area contributed by atoms with Crippen molar-refractivity contribution in [1.82, 2.24) is 19.1 Å². The van der Waals surface area contributed by atoms with E-state index in [1.807, 2.05) is 0 Å². The fourth-order valence-corrected chi connectivity index (χ4v) is 3.25. The van der Waals surface area contributed by atoms with E-state index >= 15 is 0 Å². The van der Waals surface area contributed by atoms with Crippen LogP contribution in [0.2, 0.25) is 5.02 Å². The van der Waals surface area contributed by atoms with Crippen molar-refractivity contribution in [2.45, 2.75) is 13.1 Å². The lowest BCUT2D eigenvalue weighted by atomic mass is 10.2. The lowest BCUT2D eigenvalue weighted by Crippen LogP contribution is -2.41. The minimum absolute atomic E-state index is 0.0178. The Morgan fingerprint density at radius 1 is 0.893 bits per heavy atom. The Morgan fingerprint density at radius 2 is 1.71 bits per heavy atom. The molecule has 6 nitrogen and oxygen atoms in total. The summed E-state index contributed by atoms with van der Waals surface area (Å²) < 4.78 is 16.7. The molecule has 0 aliphatic rings. The molecule has 0 fully saturated rings. The van der Waals surface area contributed by atoms with E-state index in [9.17, 15) is 14.0 Å². The predicted octanol–water partition coefficient (Wildman–Crippen LogP) is 2.84. The van der Waals surface area contributed by atoms with Gasteiger partial charge in [0.15, 0.2) is 5.52 Å². The first-order valence-electron chi connectivity index (χ1n) is 8.47. The highest BCUT2D eigenvalue weighted by Gasteiger charge is 2.17. The molecule has 1 aromatic carbocycles. The zero-order valence-electron chi connectivity index (χ0n) is 14.5. The van der Waals surface area contributed by atoms with Crippen LogP contribution in [-0.4, -0.2) is 19.1 Å². The zero-order valence-corrected chi connectivity index (χ0v) is 15.3. The quantitative estimate of drug-likeness (QED) is 0.532. The van der Waals surface area contributed by atoms with Gasteiger partial charge in [-0.15, -0.1) is 0 Å². The number of nitrogens with zero attached hydrogens (tertiary/aromatic N) is 4. The Morgan fingerprint density at radius 3 is 2.46 bits per heavy atom. The van der Waals surface area contributed by atoms with Crippen LogP contribution in [-0.2, 0) is 13.1 Å². The van der Waals surface area contributed by atoms with E-state index in [4.69, 9.17) is 11.6 Å². The van der Waals surface area contributed by atoms with E-state index < -0.39 is 17.1 Å². The van der Waals surface area contributed by atoms with Gasteiger partial charge >= 0.3 is 5.69 Å². The number of hydrogen-bond acceptors (Lipinski definition) is 4. The average molecular weight is 397 g/mol. The maximum absolute atomic E-state index is 14.3. The van der Waals surface area contributed by atoms with Gasteiger partial charge in [0.2, 0.25) is 0 Å². The molecule has 4 rings (SSSR count). The van der Waals surface area contributed by atoms with Crippen LogP contribution in [0.4, 0.5) is 4.39 Å². The molecule has 8 heteroatoms. The third kappa shape index (κ3) is 3.20. The lowest BCUT2D eigenvalue weighted by molar-refractivity contribution is 0.582. The van der Waals surface area contributed by atoms with Crippen molar-refractivity contribution < 1.29 is 4.39 Å². The molecular weight excluding hydrogens is 383 g/mol. The highest BCUT2D eigenvalue weighted by Crippen LogP contribution is 2.20. The van der Waals surface area contributed by atoms with E-state index in [1.54, 1.807) is 42.6 Å². The molecule has 3 heterocycles. The first-order chi connectivity index (χ1) is 13.6. The van der Waals surface area contributed by atoms with Crippen LogP contribution in [0.15, 0.2) is 70.5 Å². The molecule has 0 bridgehead atoms. The SMILES string of the molecule is O=c1c2ncccc2n(Cc2c(F)cccc2Cl)c(=O)n1Cc1ccccn1. The Balaban J connectivity index is 1.95. The Labute approximate surface area is 163 Å². The fraction of sp³-hybridized carbons (Fsp3) is 0.100. The third-order valence-electron chi connectivity index (χ3n) is 4.41. The number of fused-ring (bicyclic) bond motifs is 1. The van der Waals surface area contributed by atoms with Crippen LogP contribution in [0.3, 0.4) is 0 Å². The molecule has 4 aromatic rings. The monoisotopic (exact) mass is 396 g/mol. The van der Waals surface area contributed by atoms with Crippen LogP contribution in [0.5, 0.6) is 0 Å². The summed E-state index contributed by atoms with van der Waals surface area (Å²) in [4.78, 5) is 34.3. The summed E-state index contributed by atoms with van der Waals surface area (Å²) in [5, 5.41) is 0.200. The van der Waals surface area contributed by atoms with Gasteiger partial charge in [0.25, 0.3) is 5.56 Å². The summed E-state index contributed by atoms with van der Waals surface area (Å²) >= 11 is 6.13. The van der Waals surface area contributed by atoms with Gasteiger partial charge in [-0.1, -0.05) is 23.7 Å². The van der Waals surface area contributed by atoms with Crippen molar-refractivity contribution in [3.05, 3.63) is 104 Å². The molecular formula is C20H14ClFN4O2. The number of hydrogen-bond donors (Lipinski definition) is 0. The maximum atomic E-state index is 14.3. The zero-order chi connectivity index (χ0) is 19.7. The summed E-state index contributed by atoms with van der Waals surface area (Å²) in [5.74, 6) is -0.529. The topological polar surface area (TPSA) is 69.8 Å². The molecule has 0 aliphatic carbocycles. The number of aromatic nitrogens is 4. The average Bonchev–Trinajstić information content (AvgIpc) is 2.71. The molecule has 140 valence electrons. The van der Waals surface area contributed by atoms with Crippen LogP contribution in [0.1, 0.15) is 11.3 Å². The van der Waals surface area contributed by atoms with Gasteiger partial charge in [0.05, 0.1) is 24.3 Å². The molecule has 0 saturated heterocycles. The van der Waals surface area contributed by atoms with Crippen LogP contribution in [0.25, 0.3) is 11.0 Å². The Bertz CT molecular complexity index is 1260. The van der Waals surface area contributed by atoms with Gasteiger partial charge in [-0.2, -0.15) is 0 Å². The standard InChI is InChI=1S/C20H14ClFN4O2/c21-15-6-3-7-16(22)14(15)12-25-17-8-4-10-24-18(17)19(27)26(20(25)28)11-13-5-1-2-9-23-13/h1-10H,11-12H2. The molecule has 3 aromatic heterocycles. The lowest BCUT2D eigenvalue weighted by Gasteiger charge is -2.14. The van der Waals surface area contributed by atoms with Crippen molar-refractivity contribution in [2.75, 3.05) is 0 Å². The van der Waals surface area contributed by atoms with E-state index in [0.717, 1.165) is 4.57 Å². The smallest absolute Gasteiger partial charge is 0.287 e. The van der Waals surface area contributed by atoms with Crippen molar-refractivity contribution in [3.8, 4) is 0 Å². The Hall–Kier alpha value is -3.32. The molecule has 0 aliphatic heterocycles. The van der Waals surface area contributed by atoms with E-state index in [-0.39, 0.29) is 29.2 Å². The van der Waals surface area contributed by atoms with Gasteiger partial charge < -0.3 is 0 Å². The molecule has 0 N–H and O–H groups in total. The van der Waals surface area contributed by atoms with Crippen molar-refractivity contribution in [2.24, 2.45) is 0 Å². The molecule has 0 radical (unpaired) electrons. The van der Waals surface area contributed by atoms with E-state index in [1.165, 1.54) is 22.9 Å². The minimum atomic E-state index is -0.588. The second kappa shape index (κ2) is 7.36. The largest absolute Gasteiger partial charge is 0.332 e. The van der Waals surface area contributed by atoms with Gasteiger partial charge in [-0.05, 0) is 36.4 Å². The van der Waals surface area contributed by atoms with Gasteiger partial charge in [-0.25, -0.2) is 14.2 Å². The maximum Gasteiger partial charge on any atom is 0.332 e. The minimum Gasteiger partial charge on any atom is -0.287 e. The Kier molecular flexibility index (Phi) is 4.75. The number of halogens is 2. The van der Waals surface area contributed by atoms with E-state index in [2.05, 4.69) is 9.97 Å². The third-order valence-corrected chi connectivity index (χ3v) is 4.77. The first kappa shape index (κ1) is 18.1. The molecule has 0 spiro atoms. The predicted molar refractivity (Wildman–Crippen MR) is 104 cm³/mol. The van der Waals surface area contributed by atoms with Crippen molar-refractivity contribution >= 4 is 22.6 Å². The highest BCUT2D eigenvalue weighted by molar-refractivity contribution is 6.31. The summed E-state index contributed by atoms with van der Waals surface area (Å²) in [5.41, 5.74) is 0.0316.